The Morgan fingerprint density at radius 2 is 1.93 bits per heavy atom. The van der Waals surface area contributed by atoms with E-state index in [9.17, 15) is 4.79 Å². The number of carbonyl (C=O) groups excluding carboxylic acids is 1. The lowest BCUT2D eigenvalue weighted by atomic mass is 10.1. The third kappa shape index (κ3) is 3.06. The minimum atomic E-state index is -0.173. The number of carbonyl (C=O) groups is 1. The second-order valence-electron chi connectivity index (χ2n) is 7.62. The van der Waals surface area contributed by atoms with Gasteiger partial charge in [0.25, 0.3) is 5.91 Å². The molecule has 2 aromatic heterocycles. The van der Waals surface area contributed by atoms with E-state index in [0.29, 0.717) is 35.3 Å². The second kappa shape index (κ2) is 6.81. The maximum Gasteiger partial charge on any atom is 0.269 e. The van der Waals surface area contributed by atoms with Crippen LogP contribution in [0.5, 0.6) is 11.5 Å². The molecular formula is C23H21N3O3. The fourth-order valence-electron chi connectivity index (χ4n) is 3.60. The minimum absolute atomic E-state index is 0.173. The van der Waals surface area contributed by atoms with Crippen molar-refractivity contribution < 1.29 is 14.3 Å². The van der Waals surface area contributed by atoms with Crippen LogP contribution in [-0.2, 0) is 0 Å². The summed E-state index contributed by atoms with van der Waals surface area (Å²) in [6.07, 6.45) is 0. The highest BCUT2D eigenvalue weighted by Crippen LogP contribution is 2.38. The van der Waals surface area contributed by atoms with Gasteiger partial charge in [-0.05, 0) is 36.2 Å². The summed E-state index contributed by atoms with van der Waals surface area (Å²) < 4.78 is 11.0. The van der Waals surface area contributed by atoms with Crippen molar-refractivity contribution >= 4 is 27.7 Å². The molecule has 29 heavy (non-hydrogen) atoms. The molecule has 0 spiro atoms. The number of hydrogen-bond acceptors (Lipinski definition) is 4. The molecule has 1 aliphatic heterocycles. The Kier molecular flexibility index (Phi) is 4.12. The Balaban J connectivity index is 1.71. The third-order valence-electron chi connectivity index (χ3n) is 5.05. The highest BCUT2D eigenvalue weighted by atomic mass is 16.7. The average molecular weight is 387 g/mol. The molecule has 0 bridgehead atoms. The predicted molar refractivity (Wildman–Crippen MR) is 112 cm³/mol. The van der Waals surface area contributed by atoms with Gasteiger partial charge in [0.1, 0.15) is 5.69 Å². The molecule has 0 saturated carbocycles. The Hall–Kier alpha value is -3.54. The summed E-state index contributed by atoms with van der Waals surface area (Å²) in [6.45, 7) is 4.95. The Labute approximate surface area is 167 Å². The highest BCUT2D eigenvalue weighted by molar-refractivity contribution is 6.13. The van der Waals surface area contributed by atoms with Crippen LogP contribution >= 0.6 is 0 Å². The van der Waals surface area contributed by atoms with Crippen molar-refractivity contribution in [2.45, 2.75) is 13.8 Å². The van der Waals surface area contributed by atoms with Crippen molar-refractivity contribution in [3.05, 3.63) is 54.2 Å². The van der Waals surface area contributed by atoms with Gasteiger partial charge in [-0.1, -0.05) is 32.0 Å². The zero-order valence-electron chi connectivity index (χ0n) is 16.3. The van der Waals surface area contributed by atoms with E-state index in [1.807, 2.05) is 48.5 Å². The van der Waals surface area contributed by atoms with Crippen LogP contribution in [0.2, 0.25) is 0 Å². The van der Waals surface area contributed by atoms with Crippen LogP contribution in [0.25, 0.3) is 33.1 Å². The van der Waals surface area contributed by atoms with Crippen molar-refractivity contribution in [2.75, 3.05) is 13.3 Å². The molecule has 6 heteroatoms. The fraction of sp³-hybridized carbons (Fsp3) is 0.217. The molecule has 0 radical (unpaired) electrons. The van der Waals surface area contributed by atoms with Crippen LogP contribution in [-0.4, -0.2) is 29.2 Å². The van der Waals surface area contributed by atoms with Crippen LogP contribution in [0.4, 0.5) is 0 Å². The summed E-state index contributed by atoms with van der Waals surface area (Å²) in [5.74, 6) is 1.59. The number of amides is 1. The molecule has 5 rings (SSSR count). The molecule has 0 fully saturated rings. The molecule has 4 aromatic rings. The Morgan fingerprint density at radius 3 is 2.79 bits per heavy atom. The summed E-state index contributed by atoms with van der Waals surface area (Å²) in [5, 5.41) is 5.00. The number of rotatable bonds is 4. The van der Waals surface area contributed by atoms with Crippen molar-refractivity contribution in [1.29, 1.82) is 0 Å². The van der Waals surface area contributed by atoms with Gasteiger partial charge >= 0.3 is 0 Å². The SMILES string of the molecule is CC(C)CNC(=O)c1cc2c([nH]c3ccccc32)c(-c2ccc3c(c2)OCO3)n1. The smallest absolute Gasteiger partial charge is 0.269 e. The van der Waals surface area contributed by atoms with Crippen molar-refractivity contribution in [3.8, 4) is 22.8 Å². The van der Waals surface area contributed by atoms with Gasteiger partial charge < -0.3 is 19.8 Å². The molecule has 0 aliphatic carbocycles. The number of hydrogen-bond donors (Lipinski definition) is 2. The monoisotopic (exact) mass is 387 g/mol. The van der Waals surface area contributed by atoms with Gasteiger partial charge in [-0.25, -0.2) is 4.98 Å². The summed E-state index contributed by atoms with van der Waals surface area (Å²) in [6, 6.07) is 15.6. The highest BCUT2D eigenvalue weighted by Gasteiger charge is 2.20. The molecule has 0 unspecified atom stereocenters. The lowest BCUT2D eigenvalue weighted by Gasteiger charge is -2.10. The number of nitrogens with one attached hydrogen (secondary N) is 2. The number of para-hydroxylation sites is 1. The summed E-state index contributed by atoms with van der Waals surface area (Å²) in [5.41, 5.74) is 3.88. The summed E-state index contributed by atoms with van der Waals surface area (Å²) >= 11 is 0. The number of aromatic amines is 1. The van der Waals surface area contributed by atoms with Gasteiger partial charge in [0.2, 0.25) is 6.79 Å². The molecule has 0 saturated heterocycles. The largest absolute Gasteiger partial charge is 0.454 e. The number of fused-ring (bicyclic) bond motifs is 4. The molecular weight excluding hydrogens is 366 g/mol. The zero-order chi connectivity index (χ0) is 20.0. The van der Waals surface area contributed by atoms with Gasteiger partial charge in [0.05, 0.1) is 11.2 Å². The van der Waals surface area contributed by atoms with Gasteiger partial charge in [0.15, 0.2) is 11.5 Å². The van der Waals surface area contributed by atoms with E-state index in [1.54, 1.807) is 0 Å². The quantitative estimate of drug-likeness (QED) is 0.541. The lowest BCUT2D eigenvalue weighted by Crippen LogP contribution is -2.28. The number of benzene rings is 2. The Morgan fingerprint density at radius 1 is 1.10 bits per heavy atom. The fourth-order valence-corrected chi connectivity index (χ4v) is 3.60. The maximum absolute atomic E-state index is 12.8. The van der Waals surface area contributed by atoms with Crippen LogP contribution in [0.1, 0.15) is 24.3 Å². The predicted octanol–water partition coefficient (Wildman–Crippen LogP) is 4.50. The first-order chi connectivity index (χ1) is 14.1. The van der Waals surface area contributed by atoms with E-state index >= 15 is 0 Å². The van der Waals surface area contributed by atoms with E-state index in [4.69, 9.17) is 14.5 Å². The van der Waals surface area contributed by atoms with Crippen LogP contribution in [0, 0.1) is 5.92 Å². The average Bonchev–Trinajstić information content (AvgIpc) is 3.35. The van der Waals surface area contributed by atoms with Crippen LogP contribution in [0.15, 0.2) is 48.5 Å². The van der Waals surface area contributed by atoms with Gasteiger partial charge in [-0.15, -0.1) is 0 Å². The first-order valence-electron chi connectivity index (χ1n) is 9.70. The molecule has 2 aromatic carbocycles. The third-order valence-corrected chi connectivity index (χ3v) is 5.05. The Bertz CT molecular complexity index is 1240. The number of H-pyrrole nitrogens is 1. The van der Waals surface area contributed by atoms with Crippen molar-refractivity contribution in [3.63, 3.8) is 0 Å². The number of pyridine rings is 1. The van der Waals surface area contributed by atoms with Crippen LogP contribution in [0.3, 0.4) is 0 Å². The molecule has 2 N–H and O–H groups in total. The summed E-state index contributed by atoms with van der Waals surface area (Å²) in [4.78, 5) is 21.0. The maximum atomic E-state index is 12.8. The van der Waals surface area contributed by atoms with Crippen molar-refractivity contribution in [1.82, 2.24) is 15.3 Å². The van der Waals surface area contributed by atoms with Gasteiger partial charge in [-0.2, -0.15) is 0 Å². The second-order valence-corrected chi connectivity index (χ2v) is 7.62. The molecule has 3 heterocycles. The topological polar surface area (TPSA) is 76.2 Å². The molecule has 1 aliphatic rings. The minimum Gasteiger partial charge on any atom is -0.454 e. The number of nitrogens with zero attached hydrogens (tertiary/aromatic N) is 1. The van der Waals surface area contributed by atoms with E-state index in [1.165, 1.54) is 0 Å². The van der Waals surface area contributed by atoms with E-state index in [0.717, 1.165) is 27.4 Å². The van der Waals surface area contributed by atoms with Gasteiger partial charge in [0, 0.05) is 28.4 Å². The standard InChI is InChI=1S/C23H21N3O3/c1-13(2)11-24-23(27)18-10-16-15-5-3-4-6-17(15)25-22(16)21(26-18)14-7-8-19-20(9-14)29-12-28-19/h3-10,13,25H,11-12H2,1-2H3,(H,24,27). The molecule has 1 amide bonds. The molecule has 0 atom stereocenters. The first-order valence-corrected chi connectivity index (χ1v) is 9.70. The van der Waals surface area contributed by atoms with Gasteiger partial charge in [-0.3, -0.25) is 4.79 Å². The summed E-state index contributed by atoms with van der Waals surface area (Å²) in [7, 11) is 0. The van der Waals surface area contributed by atoms with Crippen molar-refractivity contribution in [2.24, 2.45) is 5.92 Å². The number of aromatic nitrogens is 2. The molecule has 6 nitrogen and oxygen atoms in total. The lowest BCUT2D eigenvalue weighted by molar-refractivity contribution is 0.0944. The van der Waals surface area contributed by atoms with E-state index in [-0.39, 0.29) is 12.7 Å². The van der Waals surface area contributed by atoms with E-state index < -0.39 is 0 Å². The van der Waals surface area contributed by atoms with E-state index in [2.05, 4.69) is 24.1 Å². The first kappa shape index (κ1) is 17.6. The number of ether oxygens (including phenoxy) is 2. The zero-order valence-corrected chi connectivity index (χ0v) is 16.3. The normalized spacial score (nSPS) is 12.8. The van der Waals surface area contributed by atoms with Crippen LogP contribution < -0.4 is 14.8 Å². The molecule has 146 valence electrons.